The monoisotopic (exact) mass is 370 g/mol. The highest BCUT2D eigenvalue weighted by Gasteiger charge is 2.46. The normalized spacial score (nSPS) is 23.7. The smallest absolute Gasteiger partial charge is 0.412 e. The van der Waals surface area contributed by atoms with Gasteiger partial charge in [0.2, 0.25) is 0 Å². The number of aryl methyl sites for hydroxylation is 1. The molecule has 7 heteroatoms. The molecule has 2 amide bonds. The van der Waals surface area contributed by atoms with Gasteiger partial charge in [0.15, 0.2) is 6.19 Å². The Bertz CT molecular complexity index is 793. The number of nitriles is 1. The highest BCUT2D eigenvalue weighted by Crippen LogP contribution is 2.37. The van der Waals surface area contributed by atoms with Gasteiger partial charge < -0.3 is 15.0 Å². The number of anilines is 1. The Morgan fingerprint density at radius 2 is 2.04 bits per heavy atom. The number of carbonyl (C=O) groups is 2. The number of rotatable bonds is 3. The number of benzene rings is 1. The standard InChI is InChI=1S/C20H26N4O3/c1-12-9-13(5-7-15(12)23-19(26)27-20(2,3)4)18(25)22-16-10-14-6-8-17(16)24(14)11-21/h5,7,9,14,16-17H,6,8,10H2,1-4H3,(H,22,25)(H,23,26)/t14-,16+,17+/m0/s1. The molecule has 0 radical (unpaired) electrons. The molecule has 2 heterocycles. The minimum absolute atomic E-state index is 0.00997. The van der Waals surface area contributed by atoms with Gasteiger partial charge >= 0.3 is 6.09 Å². The molecule has 144 valence electrons. The fraction of sp³-hybridized carbons (Fsp3) is 0.550. The molecule has 0 aromatic heterocycles. The Morgan fingerprint density at radius 1 is 1.30 bits per heavy atom. The van der Waals surface area contributed by atoms with Crippen molar-refractivity contribution >= 4 is 17.7 Å². The van der Waals surface area contributed by atoms with Gasteiger partial charge in [-0.25, -0.2) is 4.79 Å². The van der Waals surface area contributed by atoms with Crippen LogP contribution in [0.5, 0.6) is 0 Å². The van der Waals surface area contributed by atoms with Crippen LogP contribution >= 0.6 is 0 Å². The van der Waals surface area contributed by atoms with Crippen LogP contribution in [0.3, 0.4) is 0 Å². The van der Waals surface area contributed by atoms with Gasteiger partial charge in [0, 0.05) is 17.3 Å². The molecule has 0 spiro atoms. The predicted octanol–water partition coefficient (Wildman–Crippen LogP) is 3.16. The SMILES string of the molecule is Cc1cc(C(=O)N[C@@H]2C[C@@H]3CC[C@H]2N3C#N)ccc1NC(=O)OC(C)(C)C. The summed E-state index contributed by atoms with van der Waals surface area (Å²) in [5, 5.41) is 15.0. The zero-order valence-electron chi connectivity index (χ0n) is 16.2. The maximum Gasteiger partial charge on any atom is 0.412 e. The Hall–Kier alpha value is -2.75. The number of amides is 2. The summed E-state index contributed by atoms with van der Waals surface area (Å²) >= 11 is 0. The summed E-state index contributed by atoms with van der Waals surface area (Å²) in [7, 11) is 0. The molecule has 3 rings (SSSR count). The van der Waals surface area contributed by atoms with Crippen LogP contribution in [-0.2, 0) is 4.74 Å². The zero-order valence-corrected chi connectivity index (χ0v) is 16.2. The van der Waals surface area contributed by atoms with Crippen LogP contribution in [0.1, 0.15) is 56.0 Å². The van der Waals surface area contributed by atoms with Crippen LogP contribution in [-0.4, -0.2) is 40.6 Å². The van der Waals surface area contributed by atoms with Gasteiger partial charge in [0.05, 0.1) is 12.1 Å². The maximum atomic E-state index is 12.6. The fourth-order valence-corrected chi connectivity index (χ4v) is 3.91. The molecule has 3 atom stereocenters. The minimum Gasteiger partial charge on any atom is -0.444 e. The third-order valence-corrected chi connectivity index (χ3v) is 5.09. The molecule has 1 aromatic rings. The first kappa shape index (κ1) is 19.0. The molecule has 0 saturated carbocycles. The van der Waals surface area contributed by atoms with Crippen molar-refractivity contribution in [2.24, 2.45) is 0 Å². The van der Waals surface area contributed by atoms with E-state index in [0.717, 1.165) is 24.8 Å². The topological polar surface area (TPSA) is 94.5 Å². The lowest BCUT2D eigenvalue weighted by Gasteiger charge is -2.22. The van der Waals surface area contributed by atoms with Crippen molar-refractivity contribution < 1.29 is 14.3 Å². The molecule has 27 heavy (non-hydrogen) atoms. The molecule has 2 N–H and O–H groups in total. The third kappa shape index (κ3) is 4.16. The van der Waals surface area contributed by atoms with E-state index in [-0.39, 0.29) is 24.0 Å². The second-order valence-corrected chi connectivity index (χ2v) is 8.28. The lowest BCUT2D eigenvalue weighted by Crippen LogP contribution is -2.43. The van der Waals surface area contributed by atoms with Crippen LogP contribution in [0.25, 0.3) is 0 Å². The number of fused-ring (bicyclic) bond motifs is 2. The molecule has 2 fully saturated rings. The molecule has 2 bridgehead atoms. The first-order valence-electron chi connectivity index (χ1n) is 9.27. The van der Waals surface area contributed by atoms with Crippen molar-refractivity contribution in [3.63, 3.8) is 0 Å². The van der Waals surface area contributed by atoms with E-state index in [1.165, 1.54) is 0 Å². The summed E-state index contributed by atoms with van der Waals surface area (Å²) in [6, 6.07) is 5.51. The Morgan fingerprint density at radius 3 is 2.63 bits per heavy atom. The predicted molar refractivity (Wildman–Crippen MR) is 101 cm³/mol. The van der Waals surface area contributed by atoms with Crippen LogP contribution in [0.4, 0.5) is 10.5 Å². The van der Waals surface area contributed by atoms with E-state index in [9.17, 15) is 14.9 Å². The third-order valence-electron chi connectivity index (χ3n) is 5.09. The summed E-state index contributed by atoms with van der Waals surface area (Å²) in [6.07, 6.45) is 4.51. The van der Waals surface area contributed by atoms with Gasteiger partial charge in [0.25, 0.3) is 5.91 Å². The van der Waals surface area contributed by atoms with Crippen molar-refractivity contribution in [3.05, 3.63) is 29.3 Å². The molecular formula is C20H26N4O3. The summed E-state index contributed by atoms with van der Waals surface area (Å²) in [4.78, 5) is 26.4. The largest absolute Gasteiger partial charge is 0.444 e. The quantitative estimate of drug-likeness (QED) is 0.797. The van der Waals surface area contributed by atoms with Crippen LogP contribution in [0.2, 0.25) is 0 Å². The Kier molecular flexibility index (Phi) is 5.01. The maximum absolute atomic E-state index is 12.6. The number of ether oxygens (including phenoxy) is 1. The molecular weight excluding hydrogens is 344 g/mol. The average Bonchev–Trinajstić information content (AvgIpc) is 3.11. The van der Waals surface area contributed by atoms with Crippen LogP contribution < -0.4 is 10.6 Å². The Balaban J connectivity index is 1.63. The summed E-state index contributed by atoms with van der Waals surface area (Å²) in [5.41, 5.74) is 1.35. The van der Waals surface area contributed by atoms with Gasteiger partial charge in [-0.15, -0.1) is 0 Å². The molecule has 0 aliphatic carbocycles. The van der Waals surface area contributed by atoms with Crippen molar-refractivity contribution in [1.82, 2.24) is 10.2 Å². The summed E-state index contributed by atoms with van der Waals surface area (Å²) in [5.74, 6) is -0.155. The molecule has 1 aromatic carbocycles. The lowest BCUT2D eigenvalue weighted by molar-refractivity contribution is 0.0635. The van der Waals surface area contributed by atoms with Crippen LogP contribution in [0.15, 0.2) is 18.2 Å². The number of hydrogen-bond acceptors (Lipinski definition) is 5. The highest BCUT2D eigenvalue weighted by molar-refractivity contribution is 5.96. The number of nitrogens with zero attached hydrogens (tertiary/aromatic N) is 2. The molecule has 7 nitrogen and oxygen atoms in total. The van der Waals surface area contributed by atoms with Crippen molar-refractivity contribution in [2.45, 2.75) is 70.7 Å². The number of carbonyl (C=O) groups excluding carboxylic acids is 2. The van der Waals surface area contributed by atoms with Gasteiger partial charge in [0.1, 0.15) is 5.60 Å². The number of nitrogens with one attached hydrogen (secondary N) is 2. The van der Waals surface area contributed by atoms with E-state index in [2.05, 4.69) is 16.8 Å². The Labute approximate surface area is 159 Å². The second kappa shape index (κ2) is 7.10. The second-order valence-electron chi connectivity index (χ2n) is 8.28. The van der Waals surface area contributed by atoms with E-state index >= 15 is 0 Å². The minimum atomic E-state index is -0.574. The van der Waals surface area contributed by atoms with E-state index in [1.807, 2.05) is 11.8 Å². The van der Waals surface area contributed by atoms with Crippen LogP contribution in [0, 0.1) is 18.4 Å². The van der Waals surface area contributed by atoms with Gasteiger partial charge in [-0.05, 0) is 70.7 Å². The molecule has 2 saturated heterocycles. The highest BCUT2D eigenvalue weighted by atomic mass is 16.6. The van der Waals surface area contributed by atoms with Gasteiger partial charge in [-0.3, -0.25) is 10.1 Å². The van der Waals surface area contributed by atoms with E-state index < -0.39 is 11.7 Å². The first-order valence-corrected chi connectivity index (χ1v) is 9.27. The first-order chi connectivity index (χ1) is 12.7. The number of hydrogen-bond donors (Lipinski definition) is 2. The fourth-order valence-electron chi connectivity index (χ4n) is 3.91. The molecule has 0 unspecified atom stereocenters. The average molecular weight is 370 g/mol. The van der Waals surface area contributed by atoms with E-state index in [4.69, 9.17) is 4.74 Å². The van der Waals surface area contributed by atoms with Gasteiger partial charge in [-0.1, -0.05) is 0 Å². The lowest BCUT2D eigenvalue weighted by atomic mass is 9.95. The van der Waals surface area contributed by atoms with Gasteiger partial charge in [-0.2, -0.15) is 5.26 Å². The van der Waals surface area contributed by atoms with Crippen molar-refractivity contribution in [2.75, 3.05) is 5.32 Å². The van der Waals surface area contributed by atoms with E-state index in [0.29, 0.717) is 11.3 Å². The van der Waals surface area contributed by atoms with Crippen molar-refractivity contribution in [3.8, 4) is 6.19 Å². The molecule has 2 aliphatic rings. The molecule has 2 aliphatic heterocycles. The summed E-state index contributed by atoms with van der Waals surface area (Å²) in [6.45, 7) is 7.24. The summed E-state index contributed by atoms with van der Waals surface area (Å²) < 4.78 is 5.25. The van der Waals surface area contributed by atoms with Crippen molar-refractivity contribution in [1.29, 1.82) is 5.26 Å². The zero-order chi connectivity index (χ0) is 19.8. The van der Waals surface area contributed by atoms with E-state index in [1.54, 1.807) is 39.0 Å².